The van der Waals surface area contributed by atoms with Crippen molar-refractivity contribution in [2.24, 2.45) is 7.05 Å². The Labute approximate surface area is 143 Å². The van der Waals surface area contributed by atoms with Gasteiger partial charge in [-0.1, -0.05) is 24.3 Å². The second kappa shape index (κ2) is 5.70. The van der Waals surface area contributed by atoms with E-state index in [1.54, 1.807) is 22.1 Å². The van der Waals surface area contributed by atoms with Crippen LogP contribution in [0.15, 0.2) is 41.8 Å². The fourth-order valence-electron chi connectivity index (χ4n) is 4.34. The normalized spacial score (nSPS) is 20.9. The second-order valence-corrected chi connectivity index (χ2v) is 8.96. The molecule has 2 heterocycles. The summed E-state index contributed by atoms with van der Waals surface area (Å²) in [6.45, 7) is 1.15. The predicted octanol–water partition coefficient (Wildman–Crippen LogP) is 2.48. The van der Waals surface area contributed by atoms with Gasteiger partial charge in [-0.2, -0.15) is 4.31 Å². The number of nitrogens with zero attached hydrogens (tertiary/aromatic N) is 3. The van der Waals surface area contributed by atoms with Crippen molar-refractivity contribution < 1.29 is 8.42 Å². The molecule has 6 heteroatoms. The van der Waals surface area contributed by atoms with E-state index in [0.717, 1.165) is 19.3 Å². The van der Waals surface area contributed by atoms with E-state index in [1.165, 1.54) is 30.3 Å². The fourth-order valence-corrected chi connectivity index (χ4v) is 5.74. The fraction of sp³-hybridized carbons (Fsp3) is 0.500. The van der Waals surface area contributed by atoms with Crippen LogP contribution in [0.25, 0.3) is 0 Å². The van der Waals surface area contributed by atoms with E-state index in [0.29, 0.717) is 13.1 Å². The zero-order chi connectivity index (χ0) is 16.8. The van der Waals surface area contributed by atoms with Crippen molar-refractivity contribution in [2.75, 3.05) is 13.1 Å². The van der Waals surface area contributed by atoms with Gasteiger partial charge in [0.2, 0.25) is 0 Å². The van der Waals surface area contributed by atoms with Crippen molar-refractivity contribution in [2.45, 2.75) is 42.5 Å². The summed E-state index contributed by atoms with van der Waals surface area (Å²) in [5, 5.41) is 0.157. The van der Waals surface area contributed by atoms with Crippen LogP contribution in [0.4, 0.5) is 0 Å². The number of imidazole rings is 1. The molecule has 1 aromatic heterocycles. The largest absolute Gasteiger partial charge is 0.339 e. The van der Waals surface area contributed by atoms with Crippen LogP contribution in [0, 0.1) is 0 Å². The van der Waals surface area contributed by atoms with Gasteiger partial charge < -0.3 is 4.57 Å². The Morgan fingerprint density at radius 3 is 2.58 bits per heavy atom. The lowest BCUT2D eigenvalue weighted by molar-refractivity contribution is 0.208. The number of rotatable bonds is 2. The van der Waals surface area contributed by atoms with Gasteiger partial charge in [-0.15, -0.1) is 0 Å². The van der Waals surface area contributed by atoms with Crippen LogP contribution < -0.4 is 0 Å². The van der Waals surface area contributed by atoms with Crippen LogP contribution in [0.5, 0.6) is 0 Å². The first kappa shape index (κ1) is 15.8. The van der Waals surface area contributed by atoms with Gasteiger partial charge in [0.15, 0.2) is 5.03 Å². The minimum Gasteiger partial charge on any atom is -0.339 e. The highest BCUT2D eigenvalue weighted by molar-refractivity contribution is 7.89. The molecular formula is C18H23N3O2S. The molecular weight excluding hydrogens is 322 g/mol. The predicted molar refractivity (Wildman–Crippen MR) is 92.3 cm³/mol. The van der Waals surface area contributed by atoms with Gasteiger partial charge in [0, 0.05) is 26.3 Å². The topological polar surface area (TPSA) is 55.2 Å². The van der Waals surface area contributed by atoms with Gasteiger partial charge in [-0.05, 0) is 48.6 Å². The number of benzene rings is 1. The molecule has 4 rings (SSSR count). The van der Waals surface area contributed by atoms with E-state index in [1.807, 2.05) is 0 Å². The molecule has 0 unspecified atom stereocenters. The molecule has 0 radical (unpaired) electrons. The van der Waals surface area contributed by atoms with Gasteiger partial charge in [-0.3, -0.25) is 0 Å². The van der Waals surface area contributed by atoms with Gasteiger partial charge in [0.25, 0.3) is 10.0 Å². The number of fused-ring (bicyclic) bond motifs is 2. The van der Waals surface area contributed by atoms with Crippen molar-refractivity contribution >= 4 is 10.0 Å². The maximum absolute atomic E-state index is 12.8. The highest BCUT2D eigenvalue weighted by Gasteiger charge is 2.42. The van der Waals surface area contributed by atoms with E-state index in [9.17, 15) is 8.42 Å². The molecule has 128 valence electrons. The summed E-state index contributed by atoms with van der Waals surface area (Å²) < 4.78 is 28.8. The van der Waals surface area contributed by atoms with Gasteiger partial charge in [0.1, 0.15) is 0 Å². The molecule has 0 N–H and O–H groups in total. The van der Waals surface area contributed by atoms with Crippen LogP contribution >= 0.6 is 0 Å². The molecule has 1 aromatic carbocycles. The molecule has 1 fully saturated rings. The highest BCUT2D eigenvalue weighted by atomic mass is 32.2. The summed E-state index contributed by atoms with van der Waals surface area (Å²) in [5.74, 6) is 0. The average Bonchev–Trinajstić information content (AvgIpc) is 3.03. The van der Waals surface area contributed by atoms with E-state index < -0.39 is 10.0 Å². The first-order chi connectivity index (χ1) is 11.5. The Bertz CT molecular complexity index is 849. The lowest BCUT2D eigenvalue weighted by Gasteiger charge is -2.44. The number of piperidine rings is 1. The van der Waals surface area contributed by atoms with Crippen LogP contribution in [-0.4, -0.2) is 35.4 Å². The lowest BCUT2D eigenvalue weighted by Crippen LogP contribution is -2.46. The molecule has 0 amide bonds. The standard InChI is InChI=1S/C18H23N3O2S/c1-20-13-17(19-14-20)24(22,23)21-11-9-18(10-12-21)8-4-6-15-5-2-3-7-16(15)18/h2-3,5,7,13-14H,4,6,8-12H2,1H3. The molecule has 0 saturated carbocycles. The lowest BCUT2D eigenvalue weighted by atomic mass is 9.65. The summed E-state index contributed by atoms with van der Waals surface area (Å²) in [7, 11) is -1.68. The first-order valence-electron chi connectivity index (χ1n) is 8.58. The maximum Gasteiger partial charge on any atom is 0.262 e. The van der Waals surface area contributed by atoms with E-state index >= 15 is 0 Å². The monoisotopic (exact) mass is 345 g/mol. The summed E-state index contributed by atoms with van der Waals surface area (Å²) in [6.07, 6.45) is 8.43. The minimum atomic E-state index is -3.47. The molecule has 0 bridgehead atoms. The Morgan fingerprint density at radius 1 is 1.12 bits per heavy atom. The highest BCUT2D eigenvalue weighted by Crippen LogP contribution is 2.45. The molecule has 2 aromatic rings. The first-order valence-corrected chi connectivity index (χ1v) is 10.0. The van der Waals surface area contributed by atoms with Gasteiger partial charge in [0.05, 0.1) is 6.33 Å². The number of hydrogen-bond donors (Lipinski definition) is 0. The molecule has 1 aliphatic heterocycles. The summed E-state index contributed by atoms with van der Waals surface area (Å²) in [4.78, 5) is 4.04. The molecule has 1 spiro atoms. The summed E-state index contributed by atoms with van der Waals surface area (Å²) in [5.41, 5.74) is 3.06. The smallest absolute Gasteiger partial charge is 0.262 e. The Balaban J connectivity index is 1.58. The number of hydrogen-bond acceptors (Lipinski definition) is 3. The summed E-state index contributed by atoms with van der Waals surface area (Å²) in [6, 6.07) is 8.70. The second-order valence-electron chi connectivity index (χ2n) is 7.07. The van der Waals surface area contributed by atoms with Crippen molar-refractivity contribution in [3.63, 3.8) is 0 Å². The third-order valence-corrected chi connectivity index (χ3v) is 7.44. The van der Waals surface area contributed by atoms with Crippen LogP contribution in [0.1, 0.15) is 36.8 Å². The SMILES string of the molecule is Cn1cnc(S(=O)(=O)N2CCC3(CCCc4ccccc43)CC2)c1. The third-order valence-electron chi connectivity index (χ3n) is 5.66. The van der Waals surface area contributed by atoms with Crippen LogP contribution in [-0.2, 0) is 28.9 Å². The molecule has 1 saturated heterocycles. The average molecular weight is 345 g/mol. The molecule has 0 atom stereocenters. The van der Waals surface area contributed by atoms with Crippen molar-refractivity contribution in [1.82, 2.24) is 13.9 Å². The maximum atomic E-state index is 12.8. The van der Waals surface area contributed by atoms with Gasteiger partial charge >= 0.3 is 0 Å². The van der Waals surface area contributed by atoms with Crippen molar-refractivity contribution in [1.29, 1.82) is 0 Å². The van der Waals surface area contributed by atoms with Crippen LogP contribution in [0.3, 0.4) is 0 Å². The number of aryl methyl sites for hydroxylation is 2. The third kappa shape index (κ3) is 2.48. The van der Waals surface area contributed by atoms with Crippen molar-refractivity contribution in [3.8, 4) is 0 Å². The molecule has 24 heavy (non-hydrogen) atoms. The Kier molecular flexibility index (Phi) is 3.77. The van der Waals surface area contributed by atoms with Crippen molar-refractivity contribution in [3.05, 3.63) is 47.9 Å². The van der Waals surface area contributed by atoms with Gasteiger partial charge in [-0.25, -0.2) is 13.4 Å². The quantitative estimate of drug-likeness (QED) is 0.840. The Morgan fingerprint density at radius 2 is 1.88 bits per heavy atom. The van der Waals surface area contributed by atoms with E-state index in [2.05, 4.69) is 29.2 Å². The van der Waals surface area contributed by atoms with E-state index in [-0.39, 0.29) is 10.4 Å². The number of sulfonamides is 1. The minimum absolute atomic E-state index is 0.157. The Hall–Kier alpha value is -1.66. The zero-order valence-corrected chi connectivity index (χ0v) is 14.8. The molecule has 5 nitrogen and oxygen atoms in total. The number of aromatic nitrogens is 2. The molecule has 1 aliphatic carbocycles. The van der Waals surface area contributed by atoms with E-state index in [4.69, 9.17) is 0 Å². The summed E-state index contributed by atoms with van der Waals surface area (Å²) >= 11 is 0. The molecule has 2 aliphatic rings. The van der Waals surface area contributed by atoms with Crippen LogP contribution in [0.2, 0.25) is 0 Å². The zero-order valence-electron chi connectivity index (χ0n) is 14.0.